The average molecular weight is 217 g/mol. The summed E-state index contributed by atoms with van der Waals surface area (Å²) in [4.78, 5) is 22.4. The molecule has 2 aromatic rings. The van der Waals surface area contributed by atoms with Gasteiger partial charge < -0.3 is 9.72 Å². The Labute approximate surface area is 92.5 Å². The molecular weight excluding hydrogens is 206 g/mol. The summed E-state index contributed by atoms with van der Waals surface area (Å²) in [5, 5.41) is 0. The van der Waals surface area contributed by atoms with Gasteiger partial charge in [0.15, 0.2) is 0 Å². The van der Waals surface area contributed by atoms with Crippen molar-refractivity contribution in [1.82, 2.24) is 15.0 Å². The molecule has 2 aromatic heterocycles. The quantitative estimate of drug-likeness (QED) is 0.784. The number of aromatic amines is 1. The van der Waals surface area contributed by atoms with Gasteiger partial charge in [-0.2, -0.15) is 0 Å². The number of esters is 1. The highest BCUT2D eigenvalue weighted by atomic mass is 16.5. The van der Waals surface area contributed by atoms with Crippen LogP contribution >= 0.6 is 0 Å². The maximum Gasteiger partial charge on any atom is 0.339 e. The van der Waals surface area contributed by atoms with Crippen LogP contribution in [-0.2, 0) is 11.2 Å². The summed E-state index contributed by atoms with van der Waals surface area (Å²) in [6, 6.07) is 3.48. The third-order valence-corrected chi connectivity index (χ3v) is 2.15. The van der Waals surface area contributed by atoms with Crippen molar-refractivity contribution in [1.29, 1.82) is 0 Å². The van der Waals surface area contributed by atoms with Crippen molar-refractivity contribution in [3.05, 3.63) is 47.8 Å². The first kappa shape index (κ1) is 10.4. The van der Waals surface area contributed by atoms with Crippen molar-refractivity contribution >= 4 is 5.97 Å². The number of hydrogen-bond acceptors (Lipinski definition) is 4. The van der Waals surface area contributed by atoms with Gasteiger partial charge in [-0.3, -0.25) is 4.98 Å². The topological polar surface area (TPSA) is 67.9 Å². The second kappa shape index (κ2) is 4.57. The van der Waals surface area contributed by atoms with Gasteiger partial charge in [-0.25, -0.2) is 9.78 Å². The third kappa shape index (κ3) is 2.25. The Kier molecular flexibility index (Phi) is 2.95. The van der Waals surface area contributed by atoms with Crippen LogP contribution in [0.15, 0.2) is 30.7 Å². The van der Waals surface area contributed by atoms with Crippen molar-refractivity contribution in [2.75, 3.05) is 7.11 Å². The normalized spacial score (nSPS) is 10.1. The van der Waals surface area contributed by atoms with Crippen LogP contribution in [0, 0.1) is 0 Å². The molecule has 0 bridgehead atoms. The van der Waals surface area contributed by atoms with Crippen LogP contribution in [0.25, 0.3) is 0 Å². The molecule has 0 radical (unpaired) electrons. The number of pyridine rings is 1. The van der Waals surface area contributed by atoms with E-state index >= 15 is 0 Å². The zero-order valence-electron chi connectivity index (χ0n) is 8.80. The molecule has 0 fully saturated rings. The molecule has 1 N–H and O–H groups in total. The minimum atomic E-state index is -0.378. The highest BCUT2D eigenvalue weighted by molar-refractivity contribution is 5.88. The fraction of sp³-hybridized carbons (Fsp3) is 0.182. The molecule has 82 valence electrons. The Morgan fingerprint density at radius 2 is 2.31 bits per heavy atom. The maximum absolute atomic E-state index is 11.2. The summed E-state index contributed by atoms with van der Waals surface area (Å²) in [5.74, 6) is 0.468. The molecule has 5 nitrogen and oxygen atoms in total. The number of H-pyrrole nitrogens is 1. The van der Waals surface area contributed by atoms with E-state index in [4.69, 9.17) is 0 Å². The predicted octanol–water partition coefficient (Wildman–Crippen LogP) is 1.18. The van der Waals surface area contributed by atoms with E-state index in [-0.39, 0.29) is 5.97 Å². The lowest BCUT2D eigenvalue weighted by Crippen LogP contribution is -2.03. The first-order chi connectivity index (χ1) is 7.79. The number of carbonyl (C=O) groups excluding carboxylic acids is 1. The minimum Gasteiger partial charge on any atom is -0.465 e. The number of hydrogen-bond donors (Lipinski definition) is 1. The summed E-state index contributed by atoms with van der Waals surface area (Å²) in [5.41, 5.74) is 1.30. The molecule has 0 amide bonds. The van der Waals surface area contributed by atoms with Crippen molar-refractivity contribution in [2.45, 2.75) is 6.42 Å². The van der Waals surface area contributed by atoms with Gasteiger partial charge in [-0.15, -0.1) is 0 Å². The van der Waals surface area contributed by atoms with E-state index in [0.29, 0.717) is 12.0 Å². The lowest BCUT2D eigenvalue weighted by molar-refractivity contribution is 0.0600. The Hall–Kier alpha value is -2.17. The van der Waals surface area contributed by atoms with Crippen LogP contribution in [-0.4, -0.2) is 28.0 Å². The van der Waals surface area contributed by atoms with Crippen LogP contribution < -0.4 is 0 Å². The molecule has 2 rings (SSSR count). The van der Waals surface area contributed by atoms with E-state index in [0.717, 1.165) is 11.5 Å². The van der Waals surface area contributed by atoms with Crippen LogP contribution in [0.2, 0.25) is 0 Å². The lowest BCUT2D eigenvalue weighted by atomic mass is 10.2. The van der Waals surface area contributed by atoms with Crippen LogP contribution in [0.5, 0.6) is 0 Å². The zero-order valence-corrected chi connectivity index (χ0v) is 8.80. The SMILES string of the molecule is COC(=O)c1ccc(Cc2ncc[nH]2)nc1. The van der Waals surface area contributed by atoms with E-state index < -0.39 is 0 Å². The van der Waals surface area contributed by atoms with Gasteiger partial charge in [0.25, 0.3) is 0 Å². The van der Waals surface area contributed by atoms with Crippen LogP contribution in [0.3, 0.4) is 0 Å². The van der Waals surface area contributed by atoms with Gasteiger partial charge in [-0.1, -0.05) is 0 Å². The van der Waals surface area contributed by atoms with E-state index in [1.807, 2.05) is 0 Å². The Morgan fingerprint density at radius 3 is 2.88 bits per heavy atom. The smallest absolute Gasteiger partial charge is 0.339 e. The molecule has 5 heteroatoms. The predicted molar refractivity (Wildman–Crippen MR) is 57.0 cm³/mol. The fourth-order valence-corrected chi connectivity index (χ4v) is 1.33. The molecule has 0 saturated heterocycles. The van der Waals surface area contributed by atoms with E-state index in [1.54, 1.807) is 24.5 Å². The standard InChI is InChI=1S/C11H11N3O2/c1-16-11(15)8-2-3-9(14-7-8)6-10-12-4-5-13-10/h2-5,7H,6H2,1H3,(H,12,13). The van der Waals surface area contributed by atoms with Gasteiger partial charge in [0, 0.05) is 30.7 Å². The number of aromatic nitrogens is 3. The number of methoxy groups -OCH3 is 1. The van der Waals surface area contributed by atoms with Gasteiger partial charge in [0.2, 0.25) is 0 Å². The van der Waals surface area contributed by atoms with E-state index in [2.05, 4.69) is 19.7 Å². The minimum absolute atomic E-state index is 0.378. The zero-order chi connectivity index (χ0) is 11.4. The van der Waals surface area contributed by atoms with Crippen LogP contribution in [0.4, 0.5) is 0 Å². The fourth-order valence-electron chi connectivity index (χ4n) is 1.33. The van der Waals surface area contributed by atoms with Crippen LogP contribution in [0.1, 0.15) is 21.9 Å². The summed E-state index contributed by atoms with van der Waals surface area (Å²) in [6.45, 7) is 0. The second-order valence-corrected chi connectivity index (χ2v) is 3.24. The second-order valence-electron chi connectivity index (χ2n) is 3.24. The van der Waals surface area contributed by atoms with Gasteiger partial charge in [0.05, 0.1) is 12.7 Å². The molecule has 16 heavy (non-hydrogen) atoms. The molecule has 0 unspecified atom stereocenters. The van der Waals surface area contributed by atoms with E-state index in [1.165, 1.54) is 13.3 Å². The average Bonchev–Trinajstić information content (AvgIpc) is 2.82. The van der Waals surface area contributed by atoms with Gasteiger partial charge in [-0.05, 0) is 12.1 Å². The summed E-state index contributed by atoms with van der Waals surface area (Å²) in [7, 11) is 1.35. The van der Waals surface area contributed by atoms with Crippen molar-refractivity contribution < 1.29 is 9.53 Å². The summed E-state index contributed by atoms with van der Waals surface area (Å²) >= 11 is 0. The van der Waals surface area contributed by atoms with Gasteiger partial charge in [0.1, 0.15) is 5.82 Å². The van der Waals surface area contributed by atoms with Crippen molar-refractivity contribution in [3.63, 3.8) is 0 Å². The molecule has 2 heterocycles. The molecule has 0 saturated carbocycles. The Bertz CT molecular complexity index is 462. The third-order valence-electron chi connectivity index (χ3n) is 2.15. The summed E-state index contributed by atoms with van der Waals surface area (Å²) < 4.78 is 4.58. The Balaban J connectivity index is 2.10. The largest absolute Gasteiger partial charge is 0.465 e. The first-order valence-electron chi connectivity index (χ1n) is 4.81. The lowest BCUT2D eigenvalue weighted by Gasteiger charge is -2.00. The molecule has 0 atom stereocenters. The Morgan fingerprint density at radius 1 is 1.44 bits per heavy atom. The number of ether oxygens (including phenoxy) is 1. The number of rotatable bonds is 3. The number of nitrogens with zero attached hydrogens (tertiary/aromatic N) is 2. The van der Waals surface area contributed by atoms with Crippen molar-refractivity contribution in [3.8, 4) is 0 Å². The molecular formula is C11H11N3O2. The molecule has 0 aliphatic heterocycles. The first-order valence-corrected chi connectivity index (χ1v) is 4.81. The summed E-state index contributed by atoms with van der Waals surface area (Å²) in [6.07, 6.45) is 5.58. The molecule has 0 aliphatic rings. The molecule has 0 spiro atoms. The monoisotopic (exact) mass is 217 g/mol. The van der Waals surface area contributed by atoms with Crippen molar-refractivity contribution in [2.24, 2.45) is 0 Å². The van der Waals surface area contributed by atoms with Gasteiger partial charge >= 0.3 is 5.97 Å². The maximum atomic E-state index is 11.2. The highest BCUT2D eigenvalue weighted by Gasteiger charge is 2.06. The van der Waals surface area contributed by atoms with E-state index in [9.17, 15) is 4.79 Å². The molecule has 0 aliphatic carbocycles. The number of imidazole rings is 1. The number of carbonyl (C=O) groups is 1. The highest BCUT2D eigenvalue weighted by Crippen LogP contribution is 2.05. The number of nitrogens with one attached hydrogen (secondary N) is 1. The molecule has 0 aromatic carbocycles.